The van der Waals surface area contributed by atoms with Crippen molar-refractivity contribution in [2.24, 2.45) is 10.9 Å². The molecule has 0 radical (unpaired) electrons. The van der Waals surface area contributed by atoms with Crippen molar-refractivity contribution in [1.29, 1.82) is 0 Å². The highest BCUT2D eigenvalue weighted by molar-refractivity contribution is 6.32. The van der Waals surface area contributed by atoms with Gasteiger partial charge in [-0.15, -0.1) is 0 Å². The van der Waals surface area contributed by atoms with E-state index in [0.29, 0.717) is 16.6 Å². The molecule has 0 aliphatic carbocycles. The predicted octanol–water partition coefficient (Wildman–Crippen LogP) is 3.29. The van der Waals surface area contributed by atoms with Crippen molar-refractivity contribution < 1.29 is 9.53 Å². The molecule has 0 N–H and O–H groups in total. The summed E-state index contributed by atoms with van der Waals surface area (Å²) in [7, 11) is 0. The smallest absolute Gasteiger partial charge is 0.363 e. The number of nitrogens with zero attached hydrogens (tertiary/aromatic N) is 1. The van der Waals surface area contributed by atoms with E-state index in [1.165, 1.54) is 0 Å². The Kier molecular flexibility index (Phi) is 3.29. The molecule has 4 heteroatoms. The molecule has 17 heavy (non-hydrogen) atoms. The van der Waals surface area contributed by atoms with E-state index in [2.05, 4.69) is 4.99 Å². The van der Waals surface area contributed by atoms with Crippen LogP contribution >= 0.6 is 11.6 Å². The Morgan fingerprint density at radius 3 is 2.65 bits per heavy atom. The van der Waals surface area contributed by atoms with E-state index in [1.807, 2.05) is 32.0 Å². The number of ether oxygens (including phenoxy) is 1. The number of halogens is 1. The summed E-state index contributed by atoms with van der Waals surface area (Å²) in [5, 5.41) is 0.584. The average Bonchev–Trinajstić information content (AvgIpc) is 2.64. The second-order valence-electron chi connectivity index (χ2n) is 4.05. The fourth-order valence-corrected chi connectivity index (χ4v) is 1.60. The zero-order chi connectivity index (χ0) is 12.4. The molecule has 2 rings (SSSR count). The number of carbonyl (C=O) groups is 1. The second-order valence-corrected chi connectivity index (χ2v) is 4.45. The Bertz CT molecular complexity index is 518. The molecule has 1 heterocycles. The number of aliphatic imine (C=N–C) groups is 1. The highest BCUT2D eigenvalue weighted by Gasteiger charge is 2.24. The molecule has 3 nitrogen and oxygen atoms in total. The lowest BCUT2D eigenvalue weighted by Crippen LogP contribution is -2.09. The van der Waals surface area contributed by atoms with Crippen LogP contribution in [0.2, 0.25) is 5.02 Å². The van der Waals surface area contributed by atoms with E-state index in [9.17, 15) is 4.79 Å². The first kappa shape index (κ1) is 11.9. The van der Waals surface area contributed by atoms with Gasteiger partial charge in [0.25, 0.3) is 0 Å². The second kappa shape index (κ2) is 4.72. The highest BCUT2D eigenvalue weighted by atomic mass is 35.5. The van der Waals surface area contributed by atoms with Crippen LogP contribution in [0, 0.1) is 5.92 Å². The van der Waals surface area contributed by atoms with Crippen LogP contribution in [0.5, 0.6) is 0 Å². The van der Waals surface area contributed by atoms with E-state index in [-0.39, 0.29) is 5.92 Å². The lowest BCUT2D eigenvalue weighted by atomic mass is 10.2. The summed E-state index contributed by atoms with van der Waals surface area (Å²) in [5.41, 5.74) is 1.05. The molecule has 88 valence electrons. The molecule has 0 unspecified atom stereocenters. The molecule has 0 amide bonds. The lowest BCUT2D eigenvalue weighted by molar-refractivity contribution is -0.130. The third-order valence-corrected chi connectivity index (χ3v) is 2.67. The van der Waals surface area contributed by atoms with Crippen molar-refractivity contribution >= 4 is 29.5 Å². The van der Waals surface area contributed by atoms with Gasteiger partial charge in [-0.25, -0.2) is 9.79 Å². The largest absolute Gasteiger partial charge is 0.407 e. The quantitative estimate of drug-likeness (QED) is 0.596. The van der Waals surface area contributed by atoms with E-state index >= 15 is 0 Å². The van der Waals surface area contributed by atoms with Gasteiger partial charge in [-0.3, -0.25) is 0 Å². The maximum absolute atomic E-state index is 11.6. The van der Waals surface area contributed by atoms with Gasteiger partial charge in [-0.2, -0.15) is 0 Å². The number of rotatable bonds is 2. The summed E-state index contributed by atoms with van der Waals surface area (Å²) >= 11 is 6.00. The molecule has 0 bridgehead atoms. The molecular formula is C13H12ClNO2. The van der Waals surface area contributed by atoms with Crippen LogP contribution in [0.15, 0.2) is 35.0 Å². The third kappa shape index (κ3) is 2.56. The molecule has 1 aliphatic rings. The maximum atomic E-state index is 11.6. The van der Waals surface area contributed by atoms with Crippen molar-refractivity contribution in [3.63, 3.8) is 0 Å². The van der Waals surface area contributed by atoms with Gasteiger partial charge >= 0.3 is 5.97 Å². The van der Waals surface area contributed by atoms with E-state index < -0.39 is 5.97 Å². The Morgan fingerprint density at radius 2 is 2.06 bits per heavy atom. The van der Waals surface area contributed by atoms with E-state index in [1.54, 1.807) is 12.1 Å². The van der Waals surface area contributed by atoms with Gasteiger partial charge in [0.1, 0.15) is 0 Å². The minimum absolute atomic E-state index is 0.0936. The zero-order valence-electron chi connectivity index (χ0n) is 9.61. The molecule has 1 aromatic carbocycles. The van der Waals surface area contributed by atoms with Crippen LogP contribution in [0.4, 0.5) is 0 Å². The summed E-state index contributed by atoms with van der Waals surface area (Å²) in [6, 6.07) is 7.28. The Balaban J connectivity index is 2.35. The van der Waals surface area contributed by atoms with Gasteiger partial charge in [0, 0.05) is 10.9 Å². The first-order valence-corrected chi connectivity index (χ1v) is 5.72. The third-order valence-electron chi connectivity index (χ3n) is 2.33. The standard InChI is InChI=1S/C13H12ClNO2/c1-8(2)12-15-11(13(16)17-12)7-9-5-3-4-6-10(9)14/h3-8H,1-2H3/b11-7-. The van der Waals surface area contributed by atoms with Crippen LogP contribution in [0.3, 0.4) is 0 Å². The SMILES string of the molecule is CC(C)C1=N/C(=C\c2ccccc2Cl)C(=O)O1. The minimum Gasteiger partial charge on any atom is -0.407 e. The highest BCUT2D eigenvalue weighted by Crippen LogP contribution is 2.22. The summed E-state index contributed by atoms with van der Waals surface area (Å²) in [6.45, 7) is 3.84. The monoisotopic (exact) mass is 249 g/mol. The fourth-order valence-electron chi connectivity index (χ4n) is 1.41. The van der Waals surface area contributed by atoms with Gasteiger partial charge < -0.3 is 4.74 Å². The molecule has 0 aromatic heterocycles. The Hall–Kier alpha value is -1.61. The minimum atomic E-state index is -0.423. The topological polar surface area (TPSA) is 38.7 Å². The number of cyclic esters (lactones) is 1. The van der Waals surface area contributed by atoms with Crippen LogP contribution < -0.4 is 0 Å². The normalized spacial score (nSPS) is 17.5. The van der Waals surface area contributed by atoms with Crippen LogP contribution in [0.1, 0.15) is 19.4 Å². The number of esters is 1. The summed E-state index contributed by atoms with van der Waals surface area (Å²) < 4.78 is 5.05. The maximum Gasteiger partial charge on any atom is 0.363 e. The number of carbonyl (C=O) groups excluding carboxylic acids is 1. The molecule has 0 saturated heterocycles. The first-order chi connectivity index (χ1) is 8.08. The Labute approximate surface area is 105 Å². The molecule has 0 atom stereocenters. The van der Waals surface area contributed by atoms with Crippen molar-refractivity contribution in [3.8, 4) is 0 Å². The molecular weight excluding hydrogens is 238 g/mol. The number of benzene rings is 1. The number of hydrogen-bond acceptors (Lipinski definition) is 3. The van der Waals surface area contributed by atoms with Gasteiger partial charge in [-0.05, 0) is 17.7 Å². The lowest BCUT2D eigenvalue weighted by Gasteiger charge is -1.99. The van der Waals surface area contributed by atoms with Crippen molar-refractivity contribution in [2.45, 2.75) is 13.8 Å². The van der Waals surface area contributed by atoms with E-state index in [4.69, 9.17) is 16.3 Å². The van der Waals surface area contributed by atoms with Gasteiger partial charge in [-0.1, -0.05) is 43.6 Å². The molecule has 1 aliphatic heterocycles. The average molecular weight is 250 g/mol. The molecule has 1 aromatic rings. The van der Waals surface area contributed by atoms with Gasteiger partial charge in [0.15, 0.2) is 5.70 Å². The summed E-state index contributed by atoms with van der Waals surface area (Å²) in [4.78, 5) is 15.7. The molecule has 0 spiro atoms. The fraction of sp³-hybridized carbons (Fsp3) is 0.231. The first-order valence-electron chi connectivity index (χ1n) is 5.35. The van der Waals surface area contributed by atoms with Gasteiger partial charge in [0.05, 0.1) is 0 Å². The predicted molar refractivity (Wildman–Crippen MR) is 67.8 cm³/mol. The van der Waals surface area contributed by atoms with Crippen molar-refractivity contribution in [2.75, 3.05) is 0 Å². The van der Waals surface area contributed by atoms with Crippen LogP contribution in [-0.2, 0) is 9.53 Å². The Morgan fingerprint density at radius 1 is 1.35 bits per heavy atom. The van der Waals surface area contributed by atoms with Crippen LogP contribution in [0.25, 0.3) is 6.08 Å². The van der Waals surface area contributed by atoms with E-state index in [0.717, 1.165) is 5.56 Å². The zero-order valence-corrected chi connectivity index (χ0v) is 10.4. The van der Waals surface area contributed by atoms with Gasteiger partial charge in [0.2, 0.25) is 5.90 Å². The summed E-state index contributed by atoms with van der Waals surface area (Å²) in [6.07, 6.45) is 1.64. The molecule has 0 saturated carbocycles. The number of hydrogen-bond donors (Lipinski definition) is 0. The van der Waals surface area contributed by atoms with Crippen molar-refractivity contribution in [3.05, 3.63) is 40.5 Å². The summed E-state index contributed by atoms with van der Waals surface area (Å²) in [5.74, 6) is 0.123. The van der Waals surface area contributed by atoms with Crippen molar-refractivity contribution in [1.82, 2.24) is 0 Å². The molecule has 0 fully saturated rings. The van der Waals surface area contributed by atoms with Crippen LogP contribution in [-0.4, -0.2) is 11.9 Å².